The van der Waals surface area contributed by atoms with Gasteiger partial charge in [0, 0.05) is 23.2 Å². The van der Waals surface area contributed by atoms with Crippen LogP contribution in [0.3, 0.4) is 0 Å². The third-order valence-corrected chi connectivity index (χ3v) is 4.42. The Bertz CT molecular complexity index is 1160. The van der Waals surface area contributed by atoms with E-state index >= 15 is 0 Å². The van der Waals surface area contributed by atoms with Crippen molar-refractivity contribution in [2.45, 2.75) is 6.61 Å². The highest BCUT2D eigenvalue weighted by atomic mass is 35.5. The first-order valence-electron chi connectivity index (χ1n) is 8.62. The Morgan fingerprint density at radius 3 is 2.79 bits per heavy atom. The Morgan fingerprint density at radius 1 is 1.14 bits per heavy atom. The zero-order chi connectivity index (χ0) is 20.2. The maximum atomic E-state index is 12.9. The van der Waals surface area contributed by atoms with Gasteiger partial charge in [0.2, 0.25) is 0 Å². The third kappa shape index (κ3) is 4.35. The number of anilines is 2. The maximum Gasteiger partial charge on any atom is 0.141 e. The number of aromatic nitrogens is 3. The summed E-state index contributed by atoms with van der Waals surface area (Å²) in [5, 5.41) is 4.44. The number of pyridine rings is 1. The number of halogens is 2. The largest absolute Gasteiger partial charge is 0.496 e. The second-order valence-corrected chi connectivity index (χ2v) is 6.46. The van der Waals surface area contributed by atoms with Crippen molar-refractivity contribution in [3.8, 4) is 11.5 Å². The molecular formula is C21H15ClFN4O2. The minimum Gasteiger partial charge on any atom is -0.496 e. The Balaban J connectivity index is 1.51. The van der Waals surface area contributed by atoms with E-state index in [1.54, 1.807) is 37.4 Å². The normalized spacial score (nSPS) is 10.7. The maximum absolute atomic E-state index is 12.9. The van der Waals surface area contributed by atoms with E-state index in [9.17, 15) is 4.39 Å². The molecule has 6 nitrogen and oxygen atoms in total. The molecule has 0 saturated carbocycles. The van der Waals surface area contributed by atoms with Gasteiger partial charge in [-0.25, -0.2) is 14.4 Å². The van der Waals surface area contributed by atoms with Gasteiger partial charge in [0.25, 0.3) is 0 Å². The summed E-state index contributed by atoms with van der Waals surface area (Å²) in [6.45, 7) is 0.182. The van der Waals surface area contributed by atoms with Crippen LogP contribution in [-0.2, 0) is 6.61 Å². The number of rotatable bonds is 6. The van der Waals surface area contributed by atoms with Crippen molar-refractivity contribution in [1.82, 2.24) is 15.0 Å². The van der Waals surface area contributed by atoms with Crippen molar-refractivity contribution >= 4 is 34.0 Å². The standard InChI is InChI=1S/C21H15ClFN4O2/c1-28-16-5-6-17-19(9-16)25-12-26-21(17)27-14-4-7-20(18(22)8-14)29-11-15-3-2-13(23)10-24-15/h2-4,6-10,12H,11H2,1H3,(H,25,26,27). The van der Waals surface area contributed by atoms with Gasteiger partial charge in [-0.2, -0.15) is 0 Å². The topological polar surface area (TPSA) is 69.2 Å². The molecule has 0 fully saturated rings. The molecule has 8 heteroatoms. The Labute approximate surface area is 171 Å². The summed E-state index contributed by atoms with van der Waals surface area (Å²) in [5.74, 6) is 1.32. The van der Waals surface area contributed by atoms with Gasteiger partial charge in [-0.15, -0.1) is 0 Å². The summed E-state index contributed by atoms with van der Waals surface area (Å²) in [6.07, 6.45) is 2.62. The fourth-order valence-corrected chi connectivity index (χ4v) is 2.90. The number of methoxy groups -OCH3 is 1. The Morgan fingerprint density at radius 2 is 2.03 bits per heavy atom. The number of hydrogen-bond acceptors (Lipinski definition) is 6. The minimum absolute atomic E-state index is 0.182. The van der Waals surface area contributed by atoms with Crippen molar-refractivity contribution in [3.05, 3.63) is 77.6 Å². The van der Waals surface area contributed by atoms with Crippen LogP contribution in [0.1, 0.15) is 5.69 Å². The molecule has 0 atom stereocenters. The van der Waals surface area contributed by atoms with Crippen LogP contribution in [0, 0.1) is 11.9 Å². The van der Waals surface area contributed by atoms with Crippen molar-refractivity contribution in [3.63, 3.8) is 0 Å². The molecule has 0 aliphatic rings. The van der Waals surface area contributed by atoms with Crippen LogP contribution in [0.25, 0.3) is 10.9 Å². The van der Waals surface area contributed by atoms with Crippen LogP contribution < -0.4 is 14.8 Å². The average Bonchev–Trinajstić information content (AvgIpc) is 2.74. The highest BCUT2D eigenvalue weighted by Gasteiger charge is 2.09. The molecule has 2 aromatic heterocycles. The lowest BCUT2D eigenvalue weighted by molar-refractivity contribution is 0.301. The van der Waals surface area contributed by atoms with Crippen molar-refractivity contribution in [2.75, 3.05) is 12.4 Å². The second kappa shape index (κ2) is 8.28. The molecule has 0 amide bonds. The molecule has 0 unspecified atom stereocenters. The number of fused-ring (bicyclic) bond motifs is 1. The average molecular weight is 410 g/mol. The summed E-state index contributed by atoms with van der Waals surface area (Å²) in [4.78, 5) is 12.5. The molecule has 1 N–H and O–H groups in total. The highest BCUT2D eigenvalue weighted by molar-refractivity contribution is 6.32. The van der Waals surface area contributed by atoms with Gasteiger partial charge in [-0.1, -0.05) is 11.6 Å². The molecule has 4 aromatic rings. The number of hydrogen-bond donors (Lipinski definition) is 1. The van der Waals surface area contributed by atoms with Crippen LogP contribution in [0.4, 0.5) is 15.9 Å². The summed E-state index contributed by atoms with van der Waals surface area (Å²) in [7, 11) is 1.58. The van der Waals surface area contributed by atoms with E-state index in [1.807, 2.05) is 6.07 Å². The van der Waals surface area contributed by atoms with Crippen LogP contribution in [0.15, 0.2) is 55.0 Å². The van der Waals surface area contributed by atoms with Gasteiger partial charge in [0.15, 0.2) is 0 Å². The second-order valence-electron chi connectivity index (χ2n) is 6.05. The van der Waals surface area contributed by atoms with Gasteiger partial charge in [-0.05, 0) is 36.4 Å². The summed E-state index contributed by atoms with van der Waals surface area (Å²) in [5.41, 5.74) is 2.07. The van der Waals surface area contributed by atoms with Gasteiger partial charge in [0.05, 0.1) is 29.5 Å². The molecule has 0 saturated heterocycles. The molecule has 0 spiro atoms. The lowest BCUT2D eigenvalue weighted by Gasteiger charge is -2.12. The smallest absolute Gasteiger partial charge is 0.141 e. The molecule has 145 valence electrons. The van der Waals surface area contributed by atoms with Gasteiger partial charge in [-0.3, -0.25) is 4.98 Å². The fourth-order valence-electron chi connectivity index (χ4n) is 2.67. The summed E-state index contributed by atoms with van der Waals surface area (Å²) in [6, 6.07) is 14.8. The summed E-state index contributed by atoms with van der Waals surface area (Å²) >= 11 is 6.34. The molecule has 0 aliphatic carbocycles. The molecule has 4 rings (SSSR count). The number of nitrogens with zero attached hydrogens (tertiary/aromatic N) is 3. The molecule has 0 bridgehead atoms. The predicted molar refractivity (Wildman–Crippen MR) is 108 cm³/mol. The van der Waals surface area contributed by atoms with Crippen LogP contribution in [0.2, 0.25) is 5.02 Å². The van der Waals surface area contributed by atoms with Crippen LogP contribution in [-0.4, -0.2) is 22.1 Å². The van der Waals surface area contributed by atoms with Crippen molar-refractivity contribution in [1.29, 1.82) is 0 Å². The lowest BCUT2D eigenvalue weighted by atomic mass is 10.2. The number of benzene rings is 2. The van der Waals surface area contributed by atoms with Crippen LogP contribution in [0.5, 0.6) is 11.5 Å². The van der Waals surface area contributed by atoms with E-state index < -0.39 is 5.82 Å². The van der Waals surface area contributed by atoms with E-state index in [0.717, 1.165) is 22.8 Å². The number of nitrogens with one attached hydrogen (secondary N) is 1. The van der Waals surface area contributed by atoms with Gasteiger partial charge in [0.1, 0.15) is 36.1 Å². The van der Waals surface area contributed by atoms with E-state index in [-0.39, 0.29) is 6.61 Å². The zero-order valence-corrected chi connectivity index (χ0v) is 16.1. The highest BCUT2D eigenvalue weighted by Crippen LogP contribution is 2.31. The SMILES string of the molecule is COc1[c]cc2c(Nc3ccc(OCc4ccc(F)cn4)c(Cl)c3)ncnc2c1. The quantitative estimate of drug-likeness (QED) is 0.486. The first-order valence-corrected chi connectivity index (χ1v) is 9.00. The van der Waals surface area contributed by atoms with Crippen molar-refractivity contribution < 1.29 is 13.9 Å². The van der Waals surface area contributed by atoms with E-state index in [2.05, 4.69) is 26.3 Å². The zero-order valence-electron chi connectivity index (χ0n) is 15.3. The molecule has 0 aliphatic heterocycles. The Hall–Kier alpha value is -3.45. The minimum atomic E-state index is -0.393. The fraction of sp³-hybridized carbons (Fsp3) is 0.0952. The Kier molecular flexibility index (Phi) is 5.39. The third-order valence-electron chi connectivity index (χ3n) is 4.12. The monoisotopic (exact) mass is 409 g/mol. The predicted octanol–water partition coefficient (Wildman–Crippen LogP) is 4.95. The van der Waals surface area contributed by atoms with Gasteiger partial charge >= 0.3 is 0 Å². The first-order chi connectivity index (χ1) is 14.1. The molecule has 29 heavy (non-hydrogen) atoms. The lowest BCUT2D eigenvalue weighted by Crippen LogP contribution is -2.00. The first kappa shape index (κ1) is 18.9. The van der Waals surface area contributed by atoms with Crippen molar-refractivity contribution in [2.24, 2.45) is 0 Å². The molecular weight excluding hydrogens is 395 g/mol. The van der Waals surface area contributed by atoms with E-state index in [0.29, 0.717) is 28.0 Å². The number of ether oxygens (including phenoxy) is 2. The molecule has 2 heterocycles. The van der Waals surface area contributed by atoms with E-state index in [4.69, 9.17) is 21.1 Å². The van der Waals surface area contributed by atoms with E-state index in [1.165, 1.54) is 12.4 Å². The molecule has 1 radical (unpaired) electrons. The van der Waals surface area contributed by atoms with Crippen LogP contribution >= 0.6 is 11.6 Å². The molecule has 2 aromatic carbocycles. The van der Waals surface area contributed by atoms with Gasteiger partial charge < -0.3 is 14.8 Å². The summed E-state index contributed by atoms with van der Waals surface area (Å²) < 4.78 is 23.8.